The van der Waals surface area contributed by atoms with Crippen LogP contribution in [-0.4, -0.2) is 11.8 Å². The van der Waals surface area contributed by atoms with E-state index in [1.54, 1.807) is 18.2 Å². The minimum absolute atomic E-state index is 0.0740. The molecule has 0 saturated heterocycles. The second-order valence-electron chi connectivity index (χ2n) is 7.07. The summed E-state index contributed by atoms with van der Waals surface area (Å²) in [5.41, 5.74) is 2.46. The number of hydrogen-bond acceptors (Lipinski definition) is 4. The normalized spacial score (nSPS) is 11.5. The van der Waals surface area contributed by atoms with E-state index in [0.717, 1.165) is 16.0 Å². The second-order valence-corrected chi connectivity index (χ2v) is 8.25. The van der Waals surface area contributed by atoms with Crippen molar-refractivity contribution in [1.82, 2.24) is 5.32 Å². The summed E-state index contributed by atoms with van der Waals surface area (Å²) in [5, 5.41) is 5.46. The van der Waals surface area contributed by atoms with Gasteiger partial charge in [0, 0.05) is 17.1 Å². The fourth-order valence-electron chi connectivity index (χ4n) is 3.18. The first-order chi connectivity index (χ1) is 15.7. The molecule has 1 heterocycles. The van der Waals surface area contributed by atoms with Crippen LogP contribution >= 0.6 is 11.8 Å². The van der Waals surface area contributed by atoms with Gasteiger partial charge in [-0.05, 0) is 47.5 Å². The standard InChI is InChI=1S/C26H22N2O3S/c29-25(23-15-8-16-31-23)28-21-12-7-9-19(17-21)18-27-26(30)24(20-10-3-1-4-11-20)32-22-13-5-2-6-14-22/h1-17,24H,18H2,(H,27,30)(H,28,29). The van der Waals surface area contributed by atoms with E-state index < -0.39 is 0 Å². The van der Waals surface area contributed by atoms with Crippen molar-refractivity contribution in [2.24, 2.45) is 0 Å². The van der Waals surface area contributed by atoms with Gasteiger partial charge in [0.05, 0.1) is 6.26 Å². The number of nitrogens with one attached hydrogen (secondary N) is 2. The number of amides is 2. The van der Waals surface area contributed by atoms with E-state index in [1.165, 1.54) is 18.0 Å². The maximum absolute atomic E-state index is 13.1. The van der Waals surface area contributed by atoms with Crippen LogP contribution in [0.4, 0.5) is 5.69 Å². The Balaban J connectivity index is 1.43. The summed E-state index contributed by atoms with van der Waals surface area (Å²) in [6, 6.07) is 30.3. The van der Waals surface area contributed by atoms with Crippen LogP contribution in [0.25, 0.3) is 0 Å². The summed E-state index contributed by atoms with van der Waals surface area (Å²) in [6.07, 6.45) is 1.46. The summed E-state index contributed by atoms with van der Waals surface area (Å²) >= 11 is 1.52. The third kappa shape index (κ3) is 5.68. The Morgan fingerprint density at radius 1 is 0.844 bits per heavy atom. The van der Waals surface area contributed by atoms with Gasteiger partial charge in [0.1, 0.15) is 5.25 Å². The highest BCUT2D eigenvalue weighted by atomic mass is 32.2. The minimum atomic E-state index is -0.375. The Hall–Kier alpha value is -3.77. The van der Waals surface area contributed by atoms with Crippen LogP contribution in [0.15, 0.2) is 113 Å². The largest absolute Gasteiger partial charge is 0.459 e. The van der Waals surface area contributed by atoms with E-state index in [1.807, 2.05) is 78.9 Å². The molecule has 1 atom stereocenters. The van der Waals surface area contributed by atoms with Gasteiger partial charge in [0.2, 0.25) is 5.91 Å². The molecule has 0 bridgehead atoms. The third-order valence-electron chi connectivity index (χ3n) is 4.73. The zero-order valence-corrected chi connectivity index (χ0v) is 18.0. The molecular formula is C26H22N2O3S. The number of hydrogen-bond donors (Lipinski definition) is 2. The van der Waals surface area contributed by atoms with Crippen LogP contribution < -0.4 is 10.6 Å². The summed E-state index contributed by atoms with van der Waals surface area (Å²) in [6.45, 7) is 0.349. The monoisotopic (exact) mass is 442 g/mol. The molecule has 0 aliphatic heterocycles. The molecule has 2 N–H and O–H groups in total. The van der Waals surface area contributed by atoms with Crippen molar-refractivity contribution < 1.29 is 14.0 Å². The van der Waals surface area contributed by atoms with Gasteiger partial charge in [-0.15, -0.1) is 11.8 Å². The quantitative estimate of drug-likeness (QED) is 0.344. The zero-order chi connectivity index (χ0) is 22.2. The molecule has 0 fully saturated rings. The molecule has 1 aromatic heterocycles. The molecule has 0 aliphatic carbocycles. The van der Waals surface area contributed by atoms with Gasteiger partial charge in [-0.2, -0.15) is 0 Å². The lowest BCUT2D eigenvalue weighted by Gasteiger charge is -2.17. The molecule has 0 saturated carbocycles. The summed E-state index contributed by atoms with van der Waals surface area (Å²) < 4.78 is 5.12. The third-order valence-corrected chi connectivity index (χ3v) is 6.00. The lowest BCUT2D eigenvalue weighted by atomic mass is 10.1. The average Bonchev–Trinajstić information content (AvgIpc) is 3.38. The molecule has 4 aromatic rings. The van der Waals surface area contributed by atoms with E-state index in [-0.39, 0.29) is 22.8 Å². The summed E-state index contributed by atoms with van der Waals surface area (Å²) in [5.74, 6) is -0.151. The van der Waals surface area contributed by atoms with Crippen LogP contribution in [0.2, 0.25) is 0 Å². The van der Waals surface area contributed by atoms with Gasteiger partial charge in [-0.25, -0.2) is 0 Å². The van der Waals surface area contributed by atoms with Gasteiger partial charge >= 0.3 is 0 Å². The van der Waals surface area contributed by atoms with Gasteiger partial charge in [0.25, 0.3) is 5.91 Å². The zero-order valence-electron chi connectivity index (χ0n) is 17.2. The lowest BCUT2D eigenvalue weighted by Crippen LogP contribution is -2.27. The number of anilines is 1. The van der Waals surface area contributed by atoms with Crippen molar-refractivity contribution in [1.29, 1.82) is 0 Å². The van der Waals surface area contributed by atoms with Crippen molar-refractivity contribution in [2.45, 2.75) is 16.7 Å². The summed E-state index contributed by atoms with van der Waals surface area (Å²) in [7, 11) is 0. The maximum atomic E-state index is 13.1. The van der Waals surface area contributed by atoms with Gasteiger partial charge in [0.15, 0.2) is 5.76 Å². The molecule has 0 aliphatic rings. The first kappa shape index (κ1) is 21.5. The van der Waals surface area contributed by atoms with E-state index in [0.29, 0.717) is 12.2 Å². The molecule has 160 valence electrons. The first-order valence-electron chi connectivity index (χ1n) is 10.2. The van der Waals surface area contributed by atoms with Crippen LogP contribution in [0, 0.1) is 0 Å². The molecule has 1 unspecified atom stereocenters. The predicted molar refractivity (Wildman–Crippen MR) is 126 cm³/mol. The van der Waals surface area contributed by atoms with Crippen LogP contribution in [0.3, 0.4) is 0 Å². The highest BCUT2D eigenvalue weighted by Gasteiger charge is 2.21. The summed E-state index contributed by atoms with van der Waals surface area (Å²) in [4.78, 5) is 26.3. The molecule has 5 nitrogen and oxygen atoms in total. The van der Waals surface area contributed by atoms with Gasteiger partial charge in [-0.1, -0.05) is 60.7 Å². The van der Waals surface area contributed by atoms with E-state index in [9.17, 15) is 9.59 Å². The average molecular weight is 443 g/mol. The van der Waals surface area contributed by atoms with Crippen LogP contribution in [0.5, 0.6) is 0 Å². The fraction of sp³-hybridized carbons (Fsp3) is 0.0769. The smallest absolute Gasteiger partial charge is 0.291 e. The Kier molecular flexibility index (Phi) is 7.05. The molecular weight excluding hydrogens is 420 g/mol. The lowest BCUT2D eigenvalue weighted by molar-refractivity contribution is -0.120. The molecule has 0 radical (unpaired) electrons. The molecule has 0 spiro atoms. The fourth-order valence-corrected chi connectivity index (χ4v) is 4.25. The van der Waals surface area contributed by atoms with Crippen LogP contribution in [-0.2, 0) is 11.3 Å². The molecule has 2 amide bonds. The Labute approximate surface area is 190 Å². The first-order valence-corrected chi connectivity index (χ1v) is 11.1. The van der Waals surface area contributed by atoms with Crippen molar-refractivity contribution in [3.63, 3.8) is 0 Å². The van der Waals surface area contributed by atoms with E-state index >= 15 is 0 Å². The van der Waals surface area contributed by atoms with E-state index in [4.69, 9.17) is 4.42 Å². The van der Waals surface area contributed by atoms with Crippen LogP contribution in [0.1, 0.15) is 26.9 Å². The van der Waals surface area contributed by atoms with Gasteiger partial charge < -0.3 is 15.1 Å². The van der Waals surface area contributed by atoms with Crippen molar-refractivity contribution in [3.8, 4) is 0 Å². The van der Waals surface area contributed by atoms with Gasteiger partial charge in [-0.3, -0.25) is 9.59 Å². The number of carbonyl (C=O) groups excluding carboxylic acids is 2. The Morgan fingerprint density at radius 3 is 2.31 bits per heavy atom. The number of thioether (sulfide) groups is 1. The molecule has 3 aromatic carbocycles. The van der Waals surface area contributed by atoms with Crippen molar-refractivity contribution in [3.05, 3.63) is 120 Å². The number of furan rings is 1. The highest BCUT2D eigenvalue weighted by Crippen LogP contribution is 2.35. The Bertz CT molecular complexity index is 1160. The maximum Gasteiger partial charge on any atom is 0.291 e. The minimum Gasteiger partial charge on any atom is -0.459 e. The topological polar surface area (TPSA) is 71.3 Å². The Morgan fingerprint density at radius 2 is 1.59 bits per heavy atom. The highest BCUT2D eigenvalue weighted by molar-refractivity contribution is 8.00. The molecule has 32 heavy (non-hydrogen) atoms. The van der Waals surface area contributed by atoms with Crippen molar-refractivity contribution >= 4 is 29.3 Å². The second kappa shape index (κ2) is 10.5. The van der Waals surface area contributed by atoms with E-state index in [2.05, 4.69) is 10.6 Å². The SMILES string of the molecule is O=C(Nc1cccc(CNC(=O)C(Sc2ccccc2)c2ccccc2)c1)c1ccco1. The number of rotatable bonds is 8. The van der Waals surface area contributed by atoms with Crippen molar-refractivity contribution in [2.75, 3.05) is 5.32 Å². The number of carbonyl (C=O) groups is 2. The molecule has 4 rings (SSSR count). The molecule has 6 heteroatoms. The predicted octanol–water partition coefficient (Wildman–Crippen LogP) is 5.68. The number of benzene rings is 3.